The molecule has 3 rings (SSSR count). The molecule has 2 aromatic rings. The third-order valence-corrected chi connectivity index (χ3v) is 5.62. The molecule has 0 spiro atoms. The number of nitrogens with one attached hydrogen (secondary N) is 1. The van der Waals surface area contributed by atoms with Gasteiger partial charge >= 0.3 is 0 Å². The van der Waals surface area contributed by atoms with Gasteiger partial charge in [0.25, 0.3) is 0 Å². The molecule has 2 aromatic carbocycles. The predicted molar refractivity (Wildman–Crippen MR) is 102 cm³/mol. The number of hydrogen-bond acceptors (Lipinski definition) is 5. The van der Waals surface area contributed by atoms with E-state index in [4.69, 9.17) is 0 Å². The van der Waals surface area contributed by atoms with Gasteiger partial charge in [-0.1, -0.05) is 30.3 Å². The van der Waals surface area contributed by atoms with Crippen molar-refractivity contribution in [2.24, 2.45) is 5.10 Å². The van der Waals surface area contributed by atoms with Crippen LogP contribution in [-0.4, -0.2) is 39.5 Å². The zero-order valence-electron chi connectivity index (χ0n) is 14.6. The van der Waals surface area contributed by atoms with Crippen molar-refractivity contribution < 1.29 is 21.2 Å². The Kier molecular flexibility index (Phi) is 4.96. The van der Waals surface area contributed by atoms with E-state index >= 15 is 0 Å². The van der Waals surface area contributed by atoms with Gasteiger partial charge in [-0.25, -0.2) is 21.2 Å². The van der Waals surface area contributed by atoms with Crippen LogP contribution in [0.1, 0.15) is 23.6 Å². The fourth-order valence-electron chi connectivity index (χ4n) is 2.89. The van der Waals surface area contributed by atoms with E-state index in [1.54, 1.807) is 30.3 Å². The first-order valence-corrected chi connectivity index (χ1v) is 11.7. The number of benzene rings is 2. The maximum atomic E-state index is 14.2. The summed E-state index contributed by atoms with van der Waals surface area (Å²) in [4.78, 5) is 0. The van der Waals surface area contributed by atoms with Crippen LogP contribution >= 0.6 is 0 Å². The van der Waals surface area contributed by atoms with E-state index in [0.717, 1.165) is 16.9 Å². The average molecular weight is 411 g/mol. The summed E-state index contributed by atoms with van der Waals surface area (Å²) in [6, 6.07) is 11.6. The molecule has 0 saturated heterocycles. The lowest BCUT2D eigenvalue weighted by atomic mass is 9.99. The molecule has 0 amide bonds. The zero-order valence-corrected chi connectivity index (χ0v) is 16.3. The topological polar surface area (TPSA) is 95.9 Å². The summed E-state index contributed by atoms with van der Waals surface area (Å²) < 4.78 is 64.3. The van der Waals surface area contributed by atoms with E-state index in [1.165, 1.54) is 18.2 Å². The van der Waals surface area contributed by atoms with Crippen LogP contribution in [0, 0.1) is 5.82 Å². The molecule has 0 bridgehead atoms. The quantitative estimate of drug-likeness (QED) is 0.817. The molecule has 0 aromatic heterocycles. The van der Waals surface area contributed by atoms with Crippen molar-refractivity contribution in [2.75, 3.05) is 17.2 Å². The minimum Gasteiger partial charge on any atom is -0.284 e. The molecular formula is C17H18FN3O4S2. The molecule has 1 atom stereocenters. The van der Waals surface area contributed by atoms with Gasteiger partial charge in [0.2, 0.25) is 20.0 Å². The van der Waals surface area contributed by atoms with Crippen molar-refractivity contribution in [3.8, 4) is 0 Å². The van der Waals surface area contributed by atoms with E-state index < -0.39 is 31.9 Å². The highest BCUT2D eigenvalue weighted by atomic mass is 32.2. The summed E-state index contributed by atoms with van der Waals surface area (Å²) in [5.41, 5.74) is 1.73. The second-order valence-electron chi connectivity index (χ2n) is 6.28. The Balaban J connectivity index is 1.94. The number of sulfonamides is 2. The summed E-state index contributed by atoms with van der Waals surface area (Å²) in [5.74, 6) is -0.500. The minimum atomic E-state index is -3.70. The predicted octanol–water partition coefficient (Wildman–Crippen LogP) is 2.31. The van der Waals surface area contributed by atoms with E-state index in [0.29, 0.717) is 17.0 Å². The largest absolute Gasteiger partial charge is 0.284 e. The van der Waals surface area contributed by atoms with Gasteiger partial charge < -0.3 is 0 Å². The number of rotatable bonds is 5. The van der Waals surface area contributed by atoms with Gasteiger partial charge in [-0.05, 0) is 23.8 Å². The van der Waals surface area contributed by atoms with Crippen LogP contribution in [0.3, 0.4) is 0 Å². The van der Waals surface area contributed by atoms with Crippen molar-refractivity contribution >= 4 is 31.4 Å². The summed E-state index contributed by atoms with van der Waals surface area (Å²) >= 11 is 0. The molecule has 27 heavy (non-hydrogen) atoms. The molecule has 1 N–H and O–H groups in total. The maximum absolute atomic E-state index is 14.2. The van der Waals surface area contributed by atoms with Gasteiger partial charge in [0, 0.05) is 17.7 Å². The van der Waals surface area contributed by atoms with Crippen molar-refractivity contribution in [2.45, 2.75) is 12.5 Å². The molecule has 1 aliphatic heterocycles. The lowest BCUT2D eigenvalue weighted by Gasteiger charge is -2.21. The Labute approximate surface area is 157 Å². The number of halogens is 1. The van der Waals surface area contributed by atoms with Gasteiger partial charge in [-0.15, -0.1) is 0 Å². The Morgan fingerprint density at radius 1 is 1.04 bits per heavy atom. The first-order chi connectivity index (χ1) is 12.5. The third-order valence-electron chi connectivity index (χ3n) is 4.00. The molecule has 0 unspecified atom stereocenters. The normalized spacial score (nSPS) is 17.7. The SMILES string of the molecule is CS(=O)(=O)Nc1ccc(C2=NN(S(C)(=O)=O)[C@@H](c3ccccc3F)C2)cc1. The van der Waals surface area contributed by atoms with Crippen LogP contribution in [0.4, 0.5) is 10.1 Å². The molecule has 0 fully saturated rings. The van der Waals surface area contributed by atoms with Crippen LogP contribution in [-0.2, 0) is 20.0 Å². The molecule has 1 heterocycles. The fourth-order valence-corrected chi connectivity index (χ4v) is 4.35. The molecule has 0 radical (unpaired) electrons. The lowest BCUT2D eigenvalue weighted by Crippen LogP contribution is -2.26. The van der Waals surface area contributed by atoms with E-state index in [2.05, 4.69) is 9.82 Å². The summed E-state index contributed by atoms with van der Waals surface area (Å²) in [6.07, 6.45) is 2.27. The second kappa shape index (κ2) is 6.93. The Bertz CT molecular complexity index is 1100. The van der Waals surface area contributed by atoms with E-state index in [1.807, 2.05) is 0 Å². The highest BCUT2D eigenvalue weighted by Crippen LogP contribution is 2.35. The fraction of sp³-hybridized carbons (Fsp3) is 0.235. The highest BCUT2D eigenvalue weighted by molar-refractivity contribution is 7.92. The third kappa shape index (κ3) is 4.45. The molecule has 7 nitrogen and oxygen atoms in total. The second-order valence-corrected chi connectivity index (χ2v) is 9.86. The highest BCUT2D eigenvalue weighted by Gasteiger charge is 2.35. The monoisotopic (exact) mass is 411 g/mol. The summed E-state index contributed by atoms with van der Waals surface area (Å²) in [7, 11) is -7.10. The smallest absolute Gasteiger partial charge is 0.247 e. The van der Waals surface area contributed by atoms with Gasteiger partial charge in [0.15, 0.2) is 0 Å². The number of nitrogens with zero attached hydrogens (tertiary/aromatic N) is 2. The van der Waals surface area contributed by atoms with Crippen molar-refractivity contribution in [1.82, 2.24) is 4.41 Å². The van der Waals surface area contributed by atoms with Crippen molar-refractivity contribution in [3.05, 3.63) is 65.5 Å². The molecular weight excluding hydrogens is 393 g/mol. The molecule has 0 saturated carbocycles. The number of anilines is 1. The molecule has 10 heteroatoms. The van der Waals surface area contributed by atoms with Gasteiger partial charge in [-0.3, -0.25) is 4.72 Å². The lowest BCUT2D eigenvalue weighted by molar-refractivity contribution is 0.365. The van der Waals surface area contributed by atoms with Crippen LogP contribution in [0.5, 0.6) is 0 Å². The van der Waals surface area contributed by atoms with Crippen LogP contribution < -0.4 is 4.72 Å². The van der Waals surface area contributed by atoms with E-state index in [-0.39, 0.29) is 12.0 Å². The van der Waals surface area contributed by atoms with Crippen LogP contribution in [0.15, 0.2) is 53.6 Å². The van der Waals surface area contributed by atoms with Crippen molar-refractivity contribution in [1.29, 1.82) is 0 Å². The Hall–Kier alpha value is -2.46. The molecule has 0 aliphatic carbocycles. The van der Waals surface area contributed by atoms with Gasteiger partial charge in [0.05, 0.1) is 24.3 Å². The average Bonchev–Trinajstić information content (AvgIpc) is 3.00. The standard InChI is InChI=1S/C17H18FN3O4S2/c1-26(22,23)20-13-9-7-12(8-10-13)16-11-17(21(19-16)27(2,24)25)14-5-3-4-6-15(14)18/h3-10,17,20H,11H2,1-2H3/t17-/m1/s1. The van der Waals surface area contributed by atoms with Crippen LogP contribution in [0.25, 0.3) is 0 Å². The maximum Gasteiger partial charge on any atom is 0.247 e. The zero-order chi connectivity index (χ0) is 19.8. The van der Waals surface area contributed by atoms with Gasteiger partial charge in [0.1, 0.15) is 5.82 Å². The first kappa shape index (κ1) is 19.3. The Morgan fingerprint density at radius 3 is 2.22 bits per heavy atom. The first-order valence-electron chi connectivity index (χ1n) is 7.94. The van der Waals surface area contributed by atoms with Gasteiger partial charge in [-0.2, -0.15) is 9.52 Å². The summed E-state index contributed by atoms with van der Waals surface area (Å²) in [6.45, 7) is 0. The Morgan fingerprint density at radius 2 is 1.67 bits per heavy atom. The van der Waals surface area contributed by atoms with E-state index in [9.17, 15) is 21.2 Å². The number of hydrazone groups is 1. The van der Waals surface area contributed by atoms with Crippen LogP contribution in [0.2, 0.25) is 0 Å². The van der Waals surface area contributed by atoms with Crippen molar-refractivity contribution in [3.63, 3.8) is 0 Å². The molecule has 144 valence electrons. The minimum absolute atomic E-state index is 0.201. The number of hydrogen-bond donors (Lipinski definition) is 1. The molecule has 1 aliphatic rings. The summed E-state index contributed by atoms with van der Waals surface area (Å²) in [5, 5.41) is 4.19.